The zero-order chi connectivity index (χ0) is 24.5. The molecule has 5 rings (SSSR count). The van der Waals surface area contributed by atoms with Gasteiger partial charge in [0.2, 0.25) is 0 Å². The molecule has 35 heavy (non-hydrogen) atoms. The van der Waals surface area contributed by atoms with Gasteiger partial charge in [-0.15, -0.1) is 0 Å². The summed E-state index contributed by atoms with van der Waals surface area (Å²) in [6, 6.07) is 14.0. The van der Waals surface area contributed by atoms with E-state index in [2.05, 4.69) is 30.0 Å². The Labute approximate surface area is 206 Å². The first kappa shape index (κ1) is 23.4. The number of benzene rings is 2. The number of nitrogens with zero attached hydrogens (tertiary/aromatic N) is 3. The van der Waals surface area contributed by atoms with Gasteiger partial charge >= 0.3 is 0 Å². The lowest BCUT2D eigenvalue weighted by molar-refractivity contribution is 0.0726. The van der Waals surface area contributed by atoms with Crippen molar-refractivity contribution in [1.82, 2.24) is 9.88 Å². The number of anilines is 1. The molecule has 1 saturated heterocycles. The predicted octanol–water partition coefficient (Wildman–Crippen LogP) is 4.33. The average molecular weight is 476 g/mol. The van der Waals surface area contributed by atoms with Crippen LogP contribution in [0.25, 0.3) is 10.9 Å². The highest BCUT2D eigenvalue weighted by Gasteiger charge is 2.36. The highest BCUT2D eigenvalue weighted by molar-refractivity contribution is 5.98. The van der Waals surface area contributed by atoms with E-state index in [0.29, 0.717) is 23.6 Å². The molecule has 0 spiro atoms. The minimum Gasteiger partial charge on any atom is -0.493 e. The Bertz CT molecular complexity index is 1230. The number of aliphatic hydroxyl groups is 1. The van der Waals surface area contributed by atoms with Gasteiger partial charge < -0.3 is 24.4 Å². The number of para-hydroxylation sites is 2. The van der Waals surface area contributed by atoms with Crippen molar-refractivity contribution in [2.75, 3.05) is 32.2 Å². The van der Waals surface area contributed by atoms with Crippen molar-refractivity contribution in [3.8, 4) is 11.5 Å². The van der Waals surface area contributed by atoms with Crippen LogP contribution in [0.4, 0.5) is 5.82 Å². The van der Waals surface area contributed by atoms with E-state index < -0.39 is 0 Å². The first-order valence-electron chi connectivity index (χ1n) is 12.3. The second-order valence-electron chi connectivity index (χ2n) is 9.54. The van der Waals surface area contributed by atoms with Crippen molar-refractivity contribution in [2.24, 2.45) is 0 Å². The number of fused-ring (bicyclic) bond motifs is 1. The van der Waals surface area contributed by atoms with Crippen LogP contribution in [0.1, 0.15) is 47.2 Å². The van der Waals surface area contributed by atoms with Crippen LogP contribution < -0.4 is 14.4 Å². The lowest BCUT2D eigenvalue weighted by atomic mass is 10.0. The van der Waals surface area contributed by atoms with Gasteiger partial charge in [0.25, 0.3) is 5.91 Å². The second kappa shape index (κ2) is 9.74. The van der Waals surface area contributed by atoms with Crippen molar-refractivity contribution in [3.05, 3.63) is 59.2 Å². The number of piperidine rings is 1. The van der Waals surface area contributed by atoms with Crippen LogP contribution in [-0.4, -0.2) is 60.4 Å². The van der Waals surface area contributed by atoms with E-state index >= 15 is 0 Å². The standard InChI is InChI=1S/C28H33N3O4/c1-18-6-4-7-19-16-20(27(29-25(18)19)30-14-12-22(32)13-15-30)17-31(21-10-11-21)28(33)23-8-5-9-24(34-2)26(23)35-3/h4-9,16,21-22,32H,10-15,17H2,1-3H3. The molecule has 0 bridgehead atoms. The average Bonchev–Trinajstić information content (AvgIpc) is 3.72. The molecule has 0 radical (unpaired) electrons. The smallest absolute Gasteiger partial charge is 0.258 e. The fraction of sp³-hybridized carbons (Fsp3) is 0.429. The molecule has 2 fully saturated rings. The Hall–Kier alpha value is -3.32. The molecule has 3 aromatic rings. The molecule has 1 aromatic heterocycles. The van der Waals surface area contributed by atoms with Crippen LogP contribution >= 0.6 is 0 Å². The van der Waals surface area contributed by atoms with Crippen molar-refractivity contribution in [1.29, 1.82) is 0 Å². The number of hydrogen-bond donors (Lipinski definition) is 1. The quantitative estimate of drug-likeness (QED) is 0.548. The number of amides is 1. The normalized spacial score (nSPS) is 16.4. The molecule has 2 heterocycles. The first-order chi connectivity index (χ1) is 17.0. The first-order valence-corrected chi connectivity index (χ1v) is 12.3. The van der Waals surface area contributed by atoms with Gasteiger partial charge in [0.1, 0.15) is 5.82 Å². The summed E-state index contributed by atoms with van der Waals surface area (Å²) in [5.74, 6) is 1.86. The van der Waals surface area contributed by atoms with Crippen LogP contribution in [-0.2, 0) is 6.54 Å². The van der Waals surface area contributed by atoms with Gasteiger partial charge in [-0.2, -0.15) is 0 Å². The molecule has 7 heteroatoms. The van der Waals surface area contributed by atoms with Gasteiger partial charge in [-0.05, 0) is 56.4 Å². The van der Waals surface area contributed by atoms with E-state index in [-0.39, 0.29) is 18.1 Å². The number of rotatable bonds is 7. The maximum atomic E-state index is 13.9. The van der Waals surface area contributed by atoms with Crippen molar-refractivity contribution in [3.63, 3.8) is 0 Å². The number of methoxy groups -OCH3 is 2. The highest BCUT2D eigenvalue weighted by Crippen LogP contribution is 2.37. The van der Waals surface area contributed by atoms with Gasteiger partial charge in [0, 0.05) is 36.6 Å². The Morgan fingerprint density at radius 3 is 2.51 bits per heavy atom. The minimum absolute atomic E-state index is 0.0624. The van der Waals surface area contributed by atoms with E-state index in [0.717, 1.165) is 66.6 Å². The van der Waals surface area contributed by atoms with E-state index in [1.165, 1.54) is 0 Å². The van der Waals surface area contributed by atoms with Gasteiger partial charge in [0.05, 0.1) is 31.4 Å². The number of aromatic nitrogens is 1. The molecule has 0 atom stereocenters. The molecule has 1 saturated carbocycles. The molecular weight excluding hydrogens is 442 g/mol. The topological polar surface area (TPSA) is 75.1 Å². The summed E-state index contributed by atoms with van der Waals surface area (Å²) in [7, 11) is 3.14. The molecule has 0 unspecified atom stereocenters. The SMILES string of the molecule is COc1cccc(C(=O)N(Cc2cc3cccc(C)c3nc2N2CCC(O)CC2)C2CC2)c1OC. The minimum atomic E-state index is -0.262. The summed E-state index contributed by atoms with van der Waals surface area (Å²) < 4.78 is 11.0. The van der Waals surface area contributed by atoms with Crippen LogP contribution in [0.15, 0.2) is 42.5 Å². The summed E-state index contributed by atoms with van der Waals surface area (Å²) in [5, 5.41) is 11.1. The fourth-order valence-electron chi connectivity index (χ4n) is 5.00. The number of hydrogen-bond acceptors (Lipinski definition) is 6. The Morgan fingerprint density at radius 1 is 1.09 bits per heavy atom. The largest absolute Gasteiger partial charge is 0.493 e. The highest BCUT2D eigenvalue weighted by atomic mass is 16.5. The summed E-state index contributed by atoms with van der Waals surface area (Å²) in [4.78, 5) is 23.2. The van der Waals surface area contributed by atoms with Gasteiger partial charge in [-0.3, -0.25) is 4.79 Å². The molecule has 2 aromatic carbocycles. The number of carbonyl (C=O) groups excluding carboxylic acids is 1. The molecule has 1 N–H and O–H groups in total. The molecule has 1 aliphatic carbocycles. The summed E-state index contributed by atoms with van der Waals surface area (Å²) >= 11 is 0. The van der Waals surface area contributed by atoms with Crippen LogP contribution in [0.3, 0.4) is 0 Å². The molecular formula is C28H33N3O4. The Morgan fingerprint density at radius 2 is 1.83 bits per heavy atom. The zero-order valence-electron chi connectivity index (χ0n) is 20.7. The van der Waals surface area contributed by atoms with Crippen LogP contribution in [0, 0.1) is 6.92 Å². The molecule has 1 aliphatic heterocycles. The van der Waals surface area contributed by atoms with E-state index in [4.69, 9.17) is 14.5 Å². The third-order valence-corrected chi connectivity index (χ3v) is 7.09. The third-order valence-electron chi connectivity index (χ3n) is 7.09. The number of pyridine rings is 1. The van der Waals surface area contributed by atoms with Crippen molar-refractivity contribution >= 4 is 22.6 Å². The monoisotopic (exact) mass is 475 g/mol. The number of aliphatic hydroxyl groups excluding tert-OH is 1. The lowest BCUT2D eigenvalue weighted by Gasteiger charge is -2.33. The third kappa shape index (κ3) is 4.65. The van der Waals surface area contributed by atoms with Crippen molar-refractivity contribution in [2.45, 2.75) is 51.3 Å². The maximum absolute atomic E-state index is 13.9. The summed E-state index contributed by atoms with van der Waals surface area (Å²) in [5.41, 5.74) is 3.65. The van der Waals surface area contributed by atoms with E-state index in [1.807, 2.05) is 17.0 Å². The zero-order valence-corrected chi connectivity index (χ0v) is 20.7. The van der Waals surface area contributed by atoms with Crippen LogP contribution in [0.2, 0.25) is 0 Å². The van der Waals surface area contributed by atoms with Gasteiger partial charge in [-0.25, -0.2) is 4.98 Å². The molecule has 2 aliphatic rings. The van der Waals surface area contributed by atoms with E-state index in [9.17, 15) is 9.90 Å². The number of aryl methyl sites for hydroxylation is 1. The fourth-order valence-corrected chi connectivity index (χ4v) is 5.00. The number of ether oxygens (including phenoxy) is 2. The molecule has 1 amide bonds. The molecule has 184 valence electrons. The maximum Gasteiger partial charge on any atom is 0.258 e. The van der Waals surface area contributed by atoms with Gasteiger partial charge in [-0.1, -0.05) is 24.3 Å². The predicted molar refractivity (Wildman–Crippen MR) is 136 cm³/mol. The van der Waals surface area contributed by atoms with E-state index in [1.54, 1.807) is 26.4 Å². The number of carbonyl (C=O) groups is 1. The Kier molecular flexibility index (Phi) is 6.52. The lowest BCUT2D eigenvalue weighted by Crippen LogP contribution is -2.38. The van der Waals surface area contributed by atoms with Crippen molar-refractivity contribution < 1.29 is 19.4 Å². The Balaban J connectivity index is 1.55. The summed E-state index contributed by atoms with van der Waals surface area (Å²) in [6.07, 6.45) is 3.16. The summed E-state index contributed by atoms with van der Waals surface area (Å²) in [6.45, 7) is 4.04. The van der Waals surface area contributed by atoms with Gasteiger partial charge in [0.15, 0.2) is 11.5 Å². The second-order valence-corrected chi connectivity index (χ2v) is 9.54. The molecule has 7 nitrogen and oxygen atoms in total. The van der Waals surface area contributed by atoms with Crippen LogP contribution in [0.5, 0.6) is 11.5 Å².